The van der Waals surface area contributed by atoms with Crippen LogP contribution >= 0.6 is 11.8 Å². The highest BCUT2D eigenvalue weighted by Crippen LogP contribution is 2.25. The summed E-state index contributed by atoms with van der Waals surface area (Å²) < 4.78 is 5.13. The van der Waals surface area contributed by atoms with Crippen LogP contribution in [0.3, 0.4) is 0 Å². The first-order chi connectivity index (χ1) is 10.2. The van der Waals surface area contributed by atoms with Crippen molar-refractivity contribution >= 4 is 34.4 Å². The number of carbonyl (C=O) groups excluding carboxylic acids is 1. The number of hydrogen-bond donors (Lipinski definition) is 4. The molecular weight excluding hydrogens is 290 g/mol. The Labute approximate surface area is 124 Å². The fourth-order valence-electron chi connectivity index (χ4n) is 1.93. The fraction of sp³-hybridized carbons (Fsp3) is 0.0769. The van der Waals surface area contributed by atoms with Gasteiger partial charge in [-0.15, -0.1) is 0 Å². The van der Waals surface area contributed by atoms with E-state index < -0.39 is 5.91 Å². The first-order valence-corrected chi connectivity index (χ1v) is 7.11. The van der Waals surface area contributed by atoms with Crippen LogP contribution in [-0.4, -0.2) is 15.9 Å². The van der Waals surface area contributed by atoms with Gasteiger partial charge in [0, 0.05) is 17.0 Å². The van der Waals surface area contributed by atoms with E-state index >= 15 is 0 Å². The molecule has 108 valence electrons. The molecule has 21 heavy (non-hydrogen) atoms. The predicted octanol–water partition coefficient (Wildman–Crippen LogP) is 1.63. The summed E-state index contributed by atoms with van der Waals surface area (Å²) in [7, 11) is 0. The third kappa shape index (κ3) is 2.71. The highest BCUT2D eigenvalue weighted by molar-refractivity contribution is 7.98. The summed E-state index contributed by atoms with van der Waals surface area (Å²) >= 11 is 1.46. The van der Waals surface area contributed by atoms with Crippen LogP contribution in [0.15, 0.2) is 40.1 Å². The molecule has 0 atom stereocenters. The summed E-state index contributed by atoms with van der Waals surface area (Å²) in [5.74, 6) is 5.41. The van der Waals surface area contributed by atoms with Gasteiger partial charge in [-0.25, -0.2) is 10.8 Å². The number of nitrogens with two attached hydrogens (primary N) is 2. The van der Waals surface area contributed by atoms with Crippen LogP contribution in [0.4, 0.5) is 5.69 Å². The Morgan fingerprint density at radius 2 is 2.29 bits per heavy atom. The number of hydrazine groups is 1. The molecule has 0 saturated carbocycles. The number of rotatable bonds is 4. The van der Waals surface area contributed by atoms with Gasteiger partial charge in [0.1, 0.15) is 0 Å². The quantitative estimate of drug-likeness (QED) is 0.191. The zero-order valence-corrected chi connectivity index (χ0v) is 11.7. The highest BCUT2D eigenvalue weighted by atomic mass is 32.2. The minimum Gasteiger partial charge on any atom is -0.459 e. The number of aromatic nitrogens is 2. The highest BCUT2D eigenvalue weighted by Gasteiger charge is 2.15. The van der Waals surface area contributed by atoms with E-state index in [1.54, 1.807) is 12.1 Å². The van der Waals surface area contributed by atoms with Crippen molar-refractivity contribution in [2.24, 2.45) is 5.84 Å². The third-order valence-electron chi connectivity index (χ3n) is 2.93. The van der Waals surface area contributed by atoms with Crippen LogP contribution in [-0.2, 0) is 5.75 Å². The molecule has 2 aromatic heterocycles. The minimum absolute atomic E-state index is 0.213. The number of nitrogen functional groups attached to an aromatic ring is 2. The summed E-state index contributed by atoms with van der Waals surface area (Å²) in [6.45, 7) is 0. The Hall–Kier alpha value is -2.45. The van der Waals surface area contributed by atoms with Crippen molar-refractivity contribution in [2.45, 2.75) is 10.9 Å². The predicted molar refractivity (Wildman–Crippen MR) is 80.4 cm³/mol. The topological polar surface area (TPSA) is 123 Å². The van der Waals surface area contributed by atoms with Crippen LogP contribution in [0.25, 0.3) is 11.0 Å². The molecule has 8 heteroatoms. The van der Waals surface area contributed by atoms with E-state index in [0.717, 1.165) is 21.8 Å². The number of imidazole rings is 1. The van der Waals surface area contributed by atoms with Crippen molar-refractivity contribution in [2.75, 3.05) is 5.73 Å². The van der Waals surface area contributed by atoms with Gasteiger partial charge in [-0.2, -0.15) is 0 Å². The second kappa shape index (κ2) is 5.51. The summed E-state index contributed by atoms with van der Waals surface area (Å²) in [6.07, 6.45) is 1.46. The van der Waals surface area contributed by atoms with Crippen LogP contribution in [0.2, 0.25) is 0 Å². The van der Waals surface area contributed by atoms with Crippen molar-refractivity contribution in [3.63, 3.8) is 0 Å². The van der Waals surface area contributed by atoms with Crippen molar-refractivity contribution in [1.29, 1.82) is 0 Å². The lowest BCUT2D eigenvalue weighted by Gasteiger charge is -1.99. The molecule has 2 heterocycles. The number of aromatic amines is 1. The molecule has 0 fully saturated rings. The molecular formula is C13H13N5O2S. The molecule has 6 N–H and O–H groups in total. The van der Waals surface area contributed by atoms with E-state index in [2.05, 4.69) is 15.4 Å². The molecule has 0 unspecified atom stereocenters. The number of fused-ring (bicyclic) bond motifs is 1. The van der Waals surface area contributed by atoms with E-state index in [0.29, 0.717) is 11.4 Å². The number of benzene rings is 1. The number of anilines is 1. The number of H-pyrrole nitrogens is 1. The first-order valence-electron chi connectivity index (χ1n) is 6.12. The van der Waals surface area contributed by atoms with E-state index in [4.69, 9.17) is 16.0 Å². The first kappa shape index (κ1) is 13.5. The Morgan fingerprint density at radius 3 is 3.10 bits per heavy atom. The maximum atomic E-state index is 11.5. The third-order valence-corrected chi connectivity index (χ3v) is 3.85. The number of nitrogens with one attached hydrogen (secondary N) is 2. The molecule has 7 nitrogen and oxygen atoms in total. The zero-order chi connectivity index (χ0) is 14.8. The lowest BCUT2D eigenvalue weighted by molar-refractivity contribution is 0.0925. The maximum absolute atomic E-state index is 11.5. The SMILES string of the molecule is NNC(=O)c1occc1CSc1nc2ccc(N)cc2[nH]1. The molecule has 1 aromatic carbocycles. The second-order valence-electron chi connectivity index (χ2n) is 4.36. The van der Waals surface area contributed by atoms with Crippen LogP contribution in [0.5, 0.6) is 0 Å². The summed E-state index contributed by atoms with van der Waals surface area (Å²) in [6, 6.07) is 7.23. The molecule has 0 spiro atoms. The fourth-order valence-corrected chi connectivity index (χ4v) is 2.80. The Kier molecular flexibility index (Phi) is 3.55. The normalized spacial score (nSPS) is 10.9. The second-order valence-corrected chi connectivity index (χ2v) is 5.32. The monoisotopic (exact) mass is 303 g/mol. The van der Waals surface area contributed by atoms with Gasteiger partial charge in [-0.05, 0) is 24.3 Å². The molecule has 3 rings (SSSR count). The van der Waals surface area contributed by atoms with Gasteiger partial charge in [-0.3, -0.25) is 10.2 Å². The Balaban J connectivity index is 1.77. The average Bonchev–Trinajstić information content (AvgIpc) is 3.09. The molecule has 0 saturated heterocycles. The van der Waals surface area contributed by atoms with Crippen molar-refractivity contribution in [3.8, 4) is 0 Å². The molecule has 0 aliphatic rings. The van der Waals surface area contributed by atoms with Gasteiger partial charge in [0.25, 0.3) is 0 Å². The van der Waals surface area contributed by atoms with Crippen molar-refractivity contribution in [1.82, 2.24) is 15.4 Å². The van der Waals surface area contributed by atoms with Crippen molar-refractivity contribution in [3.05, 3.63) is 41.9 Å². The molecule has 0 radical (unpaired) electrons. The number of hydrogen-bond acceptors (Lipinski definition) is 6. The van der Waals surface area contributed by atoms with Gasteiger partial charge in [-0.1, -0.05) is 11.8 Å². The maximum Gasteiger partial charge on any atom is 0.301 e. The molecule has 0 bridgehead atoms. The molecule has 3 aromatic rings. The Morgan fingerprint density at radius 1 is 1.43 bits per heavy atom. The standard InChI is InChI=1S/C13H13N5O2S/c14-8-1-2-9-10(5-8)17-13(16-9)21-6-7-3-4-20-11(7)12(19)18-15/h1-5H,6,14-15H2,(H,16,17)(H,18,19). The van der Waals surface area contributed by atoms with Gasteiger partial charge >= 0.3 is 5.91 Å². The van der Waals surface area contributed by atoms with Gasteiger partial charge in [0.2, 0.25) is 0 Å². The van der Waals surface area contributed by atoms with Gasteiger partial charge < -0.3 is 15.1 Å². The summed E-state index contributed by atoms with van der Waals surface area (Å²) in [5.41, 5.74) is 10.9. The van der Waals surface area contributed by atoms with E-state index in [-0.39, 0.29) is 5.76 Å². The van der Waals surface area contributed by atoms with Gasteiger partial charge in [0.05, 0.1) is 17.3 Å². The van der Waals surface area contributed by atoms with Crippen molar-refractivity contribution < 1.29 is 9.21 Å². The molecule has 1 amide bonds. The largest absolute Gasteiger partial charge is 0.459 e. The number of thioether (sulfide) groups is 1. The van der Waals surface area contributed by atoms with E-state index in [1.165, 1.54) is 18.0 Å². The Bertz CT molecular complexity index is 795. The lowest BCUT2D eigenvalue weighted by Crippen LogP contribution is -2.30. The van der Waals surface area contributed by atoms with E-state index in [1.807, 2.05) is 12.1 Å². The van der Waals surface area contributed by atoms with E-state index in [9.17, 15) is 4.79 Å². The zero-order valence-electron chi connectivity index (χ0n) is 10.9. The molecule has 0 aliphatic heterocycles. The molecule has 0 aliphatic carbocycles. The lowest BCUT2D eigenvalue weighted by atomic mass is 10.3. The smallest absolute Gasteiger partial charge is 0.301 e. The van der Waals surface area contributed by atoms with Crippen LogP contribution < -0.4 is 17.0 Å². The van der Waals surface area contributed by atoms with Crippen LogP contribution in [0.1, 0.15) is 16.1 Å². The minimum atomic E-state index is -0.451. The number of furan rings is 1. The van der Waals surface area contributed by atoms with Crippen LogP contribution in [0, 0.1) is 0 Å². The summed E-state index contributed by atoms with van der Waals surface area (Å²) in [5, 5.41) is 0.746. The van der Waals surface area contributed by atoms with Gasteiger partial charge in [0.15, 0.2) is 10.9 Å². The summed E-state index contributed by atoms with van der Waals surface area (Å²) in [4.78, 5) is 19.1. The number of carbonyl (C=O) groups is 1. The average molecular weight is 303 g/mol. The number of amides is 1. The number of nitrogens with zero attached hydrogens (tertiary/aromatic N) is 1.